The molecule has 2 fully saturated rings. The predicted octanol–water partition coefficient (Wildman–Crippen LogP) is 1.17. The molecule has 0 aromatic carbocycles. The van der Waals surface area contributed by atoms with Gasteiger partial charge in [-0.15, -0.1) is 0 Å². The highest BCUT2D eigenvalue weighted by molar-refractivity contribution is 5.80. The topological polar surface area (TPSA) is 50.8 Å². The van der Waals surface area contributed by atoms with Crippen molar-refractivity contribution in [3.05, 3.63) is 0 Å². The maximum absolute atomic E-state index is 12.1. The SMILES string of the molecule is COC(=O)C(C)(CC(C)N1CCC(OC)C1)NC1CC1. The first-order valence-corrected chi connectivity index (χ1v) is 7.61. The number of carbonyl (C=O) groups is 1. The Morgan fingerprint density at radius 3 is 2.60 bits per heavy atom. The summed E-state index contributed by atoms with van der Waals surface area (Å²) >= 11 is 0. The highest BCUT2D eigenvalue weighted by Crippen LogP contribution is 2.27. The van der Waals surface area contributed by atoms with Crippen molar-refractivity contribution < 1.29 is 14.3 Å². The molecule has 0 amide bonds. The summed E-state index contributed by atoms with van der Waals surface area (Å²) in [6, 6.07) is 0.821. The van der Waals surface area contributed by atoms with Gasteiger partial charge in [-0.1, -0.05) is 0 Å². The van der Waals surface area contributed by atoms with Gasteiger partial charge in [-0.05, 0) is 39.5 Å². The van der Waals surface area contributed by atoms with E-state index in [-0.39, 0.29) is 5.97 Å². The van der Waals surface area contributed by atoms with Crippen LogP contribution in [0.4, 0.5) is 0 Å². The van der Waals surface area contributed by atoms with E-state index in [9.17, 15) is 4.79 Å². The number of hydrogen-bond donors (Lipinski definition) is 1. The molecule has 1 saturated carbocycles. The third-order valence-electron chi connectivity index (χ3n) is 4.57. The molecule has 1 heterocycles. The lowest BCUT2D eigenvalue weighted by atomic mass is 9.92. The fraction of sp³-hybridized carbons (Fsp3) is 0.933. The minimum Gasteiger partial charge on any atom is -0.468 e. The zero-order valence-electron chi connectivity index (χ0n) is 13.1. The number of ether oxygens (including phenoxy) is 2. The van der Waals surface area contributed by atoms with Gasteiger partial charge in [0, 0.05) is 32.3 Å². The molecule has 0 aromatic heterocycles. The standard InChI is InChI=1S/C15H28N2O3/c1-11(17-8-7-13(10-17)19-3)9-15(2,14(18)20-4)16-12-5-6-12/h11-13,16H,5-10H2,1-4H3. The summed E-state index contributed by atoms with van der Waals surface area (Å²) in [4.78, 5) is 14.5. The van der Waals surface area contributed by atoms with Crippen molar-refractivity contribution >= 4 is 5.97 Å². The van der Waals surface area contributed by atoms with Crippen LogP contribution in [0.25, 0.3) is 0 Å². The second-order valence-corrected chi connectivity index (χ2v) is 6.44. The number of likely N-dealkylation sites (tertiary alicyclic amines) is 1. The summed E-state index contributed by atoms with van der Waals surface area (Å²) in [5.74, 6) is -0.154. The number of nitrogens with one attached hydrogen (secondary N) is 1. The first-order chi connectivity index (χ1) is 9.48. The molecule has 3 unspecified atom stereocenters. The zero-order chi connectivity index (χ0) is 14.8. The fourth-order valence-corrected chi connectivity index (χ4v) is 3.17. The van der Waals surface area contributed by atoms with Crippen molar-refractivity contribution in [1.82, 2.24) is 10.2 Å². The lowest BCUT2D eigenvalue weighted by Gasteiger charge is -2.34. The van der Waals surface area contributed by atoms with Gasteiger partial charge in [0.2, 0.25) is 0 Å². The van der Waals surface area contributed by atoms with Gasteiger partial charge in [0.15, 0.2) is 0 Å². The van der Waals surface area contributed by atoms with Crippen LogP contribution >= 0.6 is 0 Å². The highest BCUT2D eigenvalue weighted by atomic mass is 16.5. The Labute approximate surface area is 122 Å². The largest absolute Gasteiger partial charge is 0.468 e. The van der Waals surface area contributed by atoms with Crippen LogP contribution in [0.1, 0.15) is 39.5 Å². The normalized spacial score (nSPS) is 28.1. The van der Waals surface area contributed by atoms with Crippen molar-refractivity contribution in [2.45, 2.75) is 63.3 Å². The second-order valence-electron chi connectivity index (χ2n) is 6.44. The Bertz CT molecular complexity index is 346. The van der Waals surface area contributed by atoms with E-state index in [2.05, 4.69) is 17.1 Å². The molecule has 1 saturated heterocycles. The van der Waals surface area contributed by atoms with Crippen LogP contribution in [-0.2, 0) is 14.3 Å². The quantitative estimate of drug-likeness (QED) is 0.711. The Morgan fingerprint density at radius 2 is 2.10 bits per heavy atom. The summed E-state index contributed by atoms with van der Waals surface area (Å²) in [6.07, 6.45) is 4.50. The van der Waals surface area contributed by atoms with Crippen LogP contribution in [0.5, 0.6) is 0 Å². The molecule has 5 heteroatoms. The van der Waals surface area contributed by atoms with Crippen LogP contribution in [0, 0.1) is 0 Å². The van der Waals surface area contributed by atoms with Gasteiger partial charge >= 0.3 is 5.97 Å². The molecule has 3 atom stereocenters. The first kappa shape index (κ1) is 15.7. The van der Waals surface area contributed by atoms with E-state index in [1.165, 1.54) is 7.11 Å². The van der Waals surface area contributed by atoms with Gasteiger partial charge in [-0.2, -0.15) is 0 Å². The second kappa shape index (κ2) is 6.41. The Morgan fingerprint density at radius 1 is 1.40 bits per heavy atom. The summed E-state index contributed by atoms with van der Waals surface area (Å²) in [6.45, 7) is 6.16. The van der Waals surface area contributed by atoms with Gasteiger partial charge in [-0.25, -0.2) is 0 Å². The number of methoxy groups -OCH3 is 2. The van der Waals surface area contributed by atoms with E-state index in [1.54, 1.807) is 7.11 Å². The van der Waals surface area contributed by atoms with Crippen molar-refractivity contribution in [3.63, 3.8) is 0 Å². The highest BCUT2D eigenvalue weighted by Gasteiger charge is 2.41. The van der Waals surface area contributed by atoms with Crippen molar-refractivity contribution in [3.8, 4) is 0 Å². The number of carbonyl (C=O) groups excluding carboxylic acids is 1. The molecule has 0 radical (unpaired) electrons. The van der Waals surface area contributed by atoms with Crippen molar-refractivity contribution in [1.29, 1.82) is 0 Å². The molecule has 2 aliphatic rings. The lowest BCUT2D eigenvalue weighted by Crippen LogP contribution is -2.54. The summed E-state index contributed by atoms with van der Waals surface area (Å²) in [5.41, 5.74) is -0.583. The summed E-state index contributed by atoms with van der Waals surface area (Å²) < 4.78 is 10.4. The van der Waals surface area contributed by atoms with E-state index >= 15 is 0 Å². The molecule has 2 rings (SSSR count). The first-order valence-electron chi connectivity index (χ1n) is 7.61. The summed E-state index contributed by atoms with van der Waals surface area (Å²) in [5, 5.41) is 3.47. The molecular formula is C15H28N2O3. The van der Waals surface area contributed by atoms with Gasteiger partial charge in [0.25, 0.3) is 0 Å². The number of rotatable bonds is 7. The number of hydrogen-bond acceptors (Lipinski definition) is 5. The molecular weight excluding hydrogens is 256 g/mol. The fourth-order valence-electron chi connectivity index (χ4n) is 3.17. The van der Waals surface area contributed by atoms with Gasteiger partial charge in [0.05, 0.1) is 13.2 Å². The Kier molecular flexibility index (Phi) is 5.04. The van der Waals surface area contributed by atoms with E-state index in [0.29, 0.717) is 18.2 Å². The van der Waals surface area contributed by atoms with Crippen molar-refractivity contribution in [2.75, 3.05) is 27.3 Å². The van der Waals surface area contributed by atoms with E-state index in [4.69, 9.17) is 9.47 Å². The van der Waals surface area contributed by atoms with E-state index < -0.39 is 5.54 Å². The molecule has 0 aromatic rings. The van der Waals surface area contributed by atoms with E-state index in [1.807, 2.05) is 6.92 Å². The number of nitrogens with zero attached hydrogens (tertiary/aromatic N) is 1. The smallest absolute Gasteiger partial charge is 0.325 e. The lowest BCUT2D eigenvalue weighted by molar-refractivity contribution is -0.149. The van der Waals surface area contributed by atoms with Crippen LogP contribution in [0.2, 0.25) is 0 Å². The molecule has 1 N–H and O–H groups in total. The maximum atomic E-state index is 12.1. The molecule has 1 aliphatic carbocycles. The van der Waals surface area contributed by atoms with Crippen LogP contribution in [0.15, 0.2) is 0 Å². The monoisotopic (exact) mass is 284 g/mol. The average Bonchev–Trinajstić information content (AvgIpc) is 3.09. The van der Waals surface area contributed by atoms with Gasteiger partial charge in [-0.3, -0.25) is 15.0 Å². The van der Waals surface area contributed by atoms with Gasteiger partial charge in [0.1, 0.15) is 5.54 Å². The summed E-state index contributed by atoms with van der Waals surface area (Å²) in [7, 11) is 3.24. The number of esters is 1. The third kappa shape index (κ3) is 3.71. The molecule has 0 spiro atoms. The Balaban J connectivity index is 1.94. The van der Waals surface area contributed by atoms with E-state index in [0.717, 1.165) is 38.8 Å². The zero-order valence-corrected chi connectivity index (χ0v) is 13.1. The minimum absolute atomic E-state index is 0.154. The molecule has 0 bridgehead atoms. The molecule has 116 valence electrons. The molecule has 20 heavy (non-hydrogen) atoms. The average molecular weight is 284 g/mol. The Hall–Kier alpha value is -0.650. The van der Waals surface area contributed by atoms with Crippen LogP contribution in [-0.4, -0.2) is 61.9 Å². The molecule has 1 aliphatic heterocycles. The van der Waals surface area contributed by atoms with Crippen LogP contribution < -0.4 is 5.32 Å². The van der Waals surface area contributed by atoms with Crippen molar-refractivity contribution in [2.24, 2.45) is 0 Å². The molecule has 5 nitrogen and oxygen atoms in total. The van der Waals surface area contributed by atoms with Gasteiger partial charge < -0.3 is 9.47 Å². The predicted molar refractivity (Wildman–Crippen MR) is 77.6 cm³/mol. The minimum atomic E-state index is -0.583. The third-order valence-corrected chi connectivity index (χ3v) is 4.57. The maximum Gasteiger partial charge on any atom is 0.325 e. The van der Waals surface area contributed by atoms with Crippen LogP contribution in [0.3, 0.4) is 0 Å².